The van der Waals surface area contributed by atoms with Crippen LogP contribution in [0.5, 0.6) is 0 Å². The third-order valence-corrected chi connectivity index (χ3v) is 2.31. The summed E-state index contributed by atoms with van der Waals surface area (Å²) < 4.78 is 0. The first kappa shape index (κ1) is 10.8. The number of benzene rings is 1. The summed E-state index contributed by atoms with van der Waals surface area (Å²) in [6, 6.07) is 14.2. The molecule has 0 fully saturated rings. The van der Waals surface area contributed by atoms with E-state index in [1.807, 2.05) is 36.4 Å². The average Bonchev–Trinajstić information content (AvgIpc) is 2.39. The second-order valence-electron chi connectivity index (χ2n) is 3.38. The lowest BCUT2D eigenvalue weighted by molar-refractivity contribution is 0.0690. The molecule has 0 aliphatic rings. The standard InChI is InChI=1S/C13H8N2O2/c14-8-12-10(9-4-2-1-3-5-9)6-7-11(15-12)13(16)17/h1-7H,(H,16,17). The Balaban J connectivity index is 2.57. The van der Waals surface area contributed by atoms with Crippen molar-refractivity contribution in [3.05, 3.63) is 53.9 Å². The minimum atomic E-state index is -1.14. The molecule has 0 unspecified atom stereocenters. The van der Waals surface area contributed by atoms with Gasteiger partial charge in [-0.15, -0.1) is 0 Å². The highest BCUT2D eigenvalue weighted by Crippen LogP contribution is 2.21. The van der Waals surface area contributed by atoms with Gasteiger partial charge in [-0.2, -0.15) is 5.26 Å². The summed E-state index contributed by atoms with van der Waals surface area (Å²) in [7, 11) is 0. The molecule has 17 heavy (non-hydrogen) atoms. The van der Waals surface area contributed by atoms with Gasteiger partial charge in [0.05, 0.1) is 0 Å². The van der Waals surface area contributed by atoms with Crippen molar-refractivity contribution in [2.45, 2.75) is 0 Å². The average molecular weight is 224 g/mol. The highest BCUT2D eigenvalue weighted by Gasteiger charge is 2.10. The Labute approximate surface area is 97.8 Å². The highest BCUT2D eigenvalue weighted by atomic mass is 16.4. The van der Waals surface area contributed by atoms with Crippen LogP contribution in [0.15, 0.2) is 42.5 Å². The highest BCUT2D eigenvalue weighted by molar-refractivity contribution is 5.86. The summed E-state index contributed by atoms with van der Waals surface area (Å²) in [6.45, 7) is 0. The van der Waals surface area contributed by atoms with Crippen molar-refractivity contribution in [1.82, 2.24) is 4.98 Å². The Morgan fingerprint density at radius 1 is 1.18 bits per heavy atom. The Bertz CT molecular complexity index is 601. The molecule has 0 atom stereocenters. The van der Waals surface area contributed by atoms with Gasteiger partial charge < -0.3 is 5.11 Å². The summed E-state index contributed by atoms with van der Waals surface area (Å²) in [6.07, 6.45) is 0. The number of nitrogens with zero attached hydrogens (tertiary/aromatic N) is 2. The molecule has 0 saturated carbocycles. The van der Waals surface area contributed by atoms with Gasteiger partial charge in [-0.25, -0.2) is 9.78 Å². The zero-order chi connectivity index (χ0) is 12.3. The van der Waals surface area contributed by atoms with Crippen LogP contribution in [0.3, 0.4) is 0 Å². The van der Waals surface area contributed by atoms with E-state index in [9.17, 15) is 4.79 Å². The van der Waals surface area contributed by atoms with Crippen molar-refractivity contribution in [2.24, 2.45) is 0 Å². The van der Waals surface area contributed by atoms with E-state index in [0.29, 0.717) is 5.56 Å². The van der Waals surface area contributed by atoms with E-state index in [0.717, 1.165) is 5.56 Å². The molecule has 4 nitrogen and oxygen atoms in total. The number of carboxylic acid groups (broad SMARTS) is 1. The Morgan fingerprint density at radius 2 is 1.88 bits per heavy atom. The molecule has 2 rings (SSSR count). The second kappa shape index (κ2) is 4.45. The molecule has 82 valence electrons. The molecule has 2 aromatic rings. The number of hydrogen-bond acceptors (Lipinski definition) is 3. The van der Waals surface area contributed by atoms with Crippen LogP contribution in [-0.2, 0) is 0 Å². The van der Waals surface area contributed by atoms with E-state index in [4.69, 9.17) is 10.4 Å². The fraction of sp³-hybridized carbons (Fsp3) is 0. The first-order valence-corrected chi connectivity index (χ1v) is 4.92. The van der Waals surface area contributed by atoms with Crippen molar-refractivity contribution in [1.29, 1.82) is 5.26 Å². The van der Waals surface area contributed by atoms with Crippen LogP contribution in [0.1, 0.15) is 16.2 Å². The van der Waals surface area contributed by atoms with Gasteiger partial charge in [0.15, 0.2) is 0 Å². The fourth-order valence-corrected chi connectivity index (χ4v) is 1.51. The van der Waals surface area contributed by atoms with Gasteiger partial charge in [-0.3, -0.25) is 0 Å². The Hall–Kier alpha value is -2.67. The molecule has 0 aliphatic carbocycles. The third-order valence-electron chi connectivity index (χ3n) is 2.31. The van der Waals surface area contributed by atoms with E-state index in [2.05, 4.69) is 4.98 Å². The smallest absolute Gasteiger partial charge is 0.354 e. The van der Waals surface area contributed by atoms with Crippen LogP contribution in [0.4, 0.5) is 0 Å². The third kappa shape index (κ3) is 2.13. The monoisotopic (exact) mass is 224 g/mol. The van der Waals surface area contributed by atoms with Gasteiger partial charge in [0.2, 0.25) is 0 Å². The van der Waals surface area contributed by atoms with Gasteiger partial charge in [-0.1, -0.05) is 30.3 Å². The predicted octanol–water partition coefficient (Wildman–Crippen LogP) is 2.32. The largest absolute Gasteiger partial charge is 0.477 e. The molecule has 0 aliphatic heterocycles. The van der Waals surface area contributed by atoms with Crippen LogP contribution < -0.4 is 0 Å². The van der Waals surface area contributed by atoms with Crippen molar-refractivity contribution in [2.75, 3.05) is 0 Å². The molecule has 1 aromatic heterocycles. The molecule has 0 bridgehead atoms. The number of aromatic carboxylic acids is 1. The van der Waals surface area contributed by atoms with Crippen molar-refractivity contribution in [3.8, 4) is 17.2 Å². The second-order valence-corrected chi connectivity index (χ2v) is 3.38. The van der Waals surface area contributed by atoms with Crippen LogP contribution >= 0.6 is 0 Å². The first-order valence-electron chi connectivity index (χ1n) is 4.92. The summed E-state index contributed by atoms with van der Waals surface area (Å²) in [4.78, 5) is 14.6. The number of pyridine rings is 1. The maximum atomic E-state index is 10.7. The number of nitriles is 1. The van der Waals surface area contributed by atoms with Crippen LogP contribution in [-0.4, -0.2) is 16.1 Å². The van der Waals surface area contributed by atoms with E-state index >= 15 is 0 Å². The lowest BCUT2D eigenvalue weighted by atomic mass is 10.0. The number of hydrogen-bond donors (Lipinski definition) is 1. The van der Waals surface area contributed by atoms with Crippen LogP contribution in [0, 0.1) is 11.3 Å². The van der Waals surface area contributed by atoms with E-state index in [1.165, 1.54) is 6.07 Å². The lowest BCUT2D eigenvalue weighted by Crippen LogP contribution is -2.02. The molecule has 1 N–H and O–H groups in total. The normalized spacial score (nSPS) is 9.59. The number of carbonyl (C=O) groups is 1. The lowest BCUT2D eigenvalue weighted by Gasteiger charge is -2.03. The van der Waals surface area contributed by atoms with Crippen molar-refractivity contribution < 1.29 is 9.90 Å². The minimum Gasteiger partial charge on any atom is -0.477 e. The van der Waals surface area contributed by atoms with Crippen LogP contribution in [0.25, 0.3) is 11.1 Å². The molecular formula is C13H8N2O2. The quantitative estimate of drug-likeness (QED) is 0.849. The number of aromatic nitrogens is 1. The zero-order valence-corrected chi connectivity index (χ0v) is 8.79. The Kier molecular flexibility index (Phi) is 2.84. The molecule has 4 heteroatoms. The summed E-state index contributed by atoms with van der Waals surface area (Å²) in [5.74, 6) is -1.14. The Morgan fingerprint density at radius 3 is 2.47 bits per heavy atom. The van der Waals surface area contributed by atoms with Gasteiger partial charge in [0.25, 0.3) is 0 Å². The summed E-state index contributed by atoms with van der Waals surface area (Å²) in [5.41, 5.74) is 1.48. The molecule has 1 heterocycles. The van der Waals surface area contributed by atoms with Crippen molar-refractivity contribution in [3.63, 3.8) is 0 Å². The van der Waals surface area contributed by atoms with Crippen LogP contribution in [0.2, 0.25) is 0 Å². The van der Waals surface area contributed by atoms with Crippen molar-refractivity contribution >= 4 is 5.97 Å². The van der Waals surface area contributed by atoms with Gasteiger partial charge in [0, 0.05) is 5.56 Å². The number of carboxylic acids is 1. The molecule has 0 spiro atoms. The summed E-state index contributed by atoms with van der Waals surface area (Å²) in [5, 5.41) is 17.8. The molecule has 0 amide bonds. The molecule has 1 aromatic carbocycles. The topological polar surface area (TPSA) is 74.0 Å². The summed E-state index contributed by atoms with van der Waals surface area (Å²) >= 11 is 0. The van der Waals surface area contributed by atoms with E-state index in [1.54, 1.807) is 6.07 Å². The maximum absolute atomic E-state index is 10.7. The van der Waals surface area contributed by atoms with Gasteiger partial charge in [-0.05, 0) is 17.7 Å². The molecule has 0 saturated heterocycles. The zero-order valence-electron chi connectivity index (χ0n) is 8.79. The van der Waals surface area contributed by atoms with Gasteiger partial charge >= 0.3 is 5.97 Å². The van der Waals surface area contributed by atoms with E-state index in [-0.39, 0.29) is 11.4 Å². The molecule has 0 radical (unpaired) electrons. The van der Waals surface area contributed by atoms with E-state index < -0.39 is 5.97 Å². The fourth-order valence-electron chi connectivity index (χ4n) is 1.51. The molecular weight excluding hydrogens is 216 g/mol. The predicted molar refractivity (Wildman–Crippen MR) is 61.3 cm³/mol. The SMILES string of the molecule is N#Cc1nc(C(=O)O)ccc1-c1ccccc1. The number of rotatable bonds is 2. The maximum Gasteiger partial charge on any atom is 0.354 e. The first-order chi connectivity index (χ1) is 8.22. The van der Waals surface area contributed by atoms with Gasteiger partial charge in [0.1, 0.15) is 17.5 Å². The minimum absolute atomic E-state index is 0.121.